The fourth-order valence-corrected chi connectivity index (χ4v) is 15.1. The Hall–Kier alpha value is -13.8. The van der Waals surface area contributed by atoms with Crippen LogP contribution in [0.3, 0.4) is 0 Å². The average Bonchev–Trinajstić information content (AvgIpc) is 1.67. The Morgan fingerprint density at radius 1 is 0.471 bits per heavy atom. The molecule has 1 saturated heterocycles. The number of carbonyl (C=O) groups is 19. The smallest absolute Gasteiger partial charge is 0.326 e. The lowest BCUT2D eigenvalue weighted by atomic mass is 9.98. The number of nitrogens with two attached hydrogens (primary N) is 3. The number of rotatable bonds is 57. The van der Waals surface area contributed by atoms with E-state index in [1.165, 1.54) is 33.3 Å². The van der Waals surface area contributed by atoms with Gasteiger partial charge in [-0.2, -0.15) is 37.9 Å². The van der Waals surface area contributed by atoms with Crippen LogP contribution in [0, 0.1) is 22.7 Å². The zero-order valence-electron chi connectivity index (χ0n) is 77.0. The van der Waals surface area contributed by atoms with E-state index < -0.39 is 253 Å². The molecule has 16 atom stereocenters. The molecule has 0 bridgehead atoms. The Kier molecular flexibility index (Phi) is 45.8. The molecule has 1 aliphatic heterocycles. The number of imidazole rings is 1. The number of likely N-dealkylation sites (tertiary alicyclic amines) is 1. The van der Waals surface area contributed by atoms with Gasteiger partial charge in [-0.3, -0.25) is 97.1 Å². The van der Waals surface area contributed by atoms with Gasteiger partial charge in [0.1, 0.15) is 90.6 Å². The second-order valence-electron chi connectivity index (χ2n) is 33.6. The van der Waals surface area contributed by atoms with Crippen LogP contribution in [0.15, 0.2) is 73.4 Å². The van der Waals surface area contributed by atoms with Gasteiger partial charge in [-0.05, 0) is 101 Å². The van der Waals surface area contributed by atoms with Crippen LogP contribution < -0.4 is 113 Å². The van der Waals surface area contributed by atoms with Crippen molar-refractivity contribution < 1.29 is 106 Å². The number of carboxylic acid groups (broad SMARTS) is 2. The first-order chi connectivity index (χ1) is 65.4. The van der Waals surface area contributed by atoms with E-state index in [1.54, 1.807) is 88.6 Å². The summed E-state index contributed by atoms with van der Waals surface area (Å²) >= 11 is 12.5. The summed E-state index contributed by atoms with van der Waals surface area (Å²) in [5.41, 5.74) is 19.3. The van der Waals surface area contributed by atoms with Gasteiger partial charge in [0, 0.05) is 102 Å². The standard InChI is InChI=1S/C85H126N28O22S3/c1-40(2)25-55(76(127)112-67(41(3)4)81(132)107-56(26-45-30-94-51-17-10-8-15-48(45)51)74(125)111-61(37-137)78(129)100-42(5)68(119)96-34-65(116)102-59(83(134)135)28-47-32-91-39-98-47)105-69(120)43(6)99-64(115)33-97-80(131)63-21-14-24-113(63)82(133)58(27-46-31-95-52-18-11-9-16-49(46)52)108-75(126)57(29-66(117)118)106-73(124)54(20-13-23-93-85(89)90)104-77(128)60(35-114)109-79(130)62(38-138)110-70(121)44(7)101-72(123)53(19-12-22-92-84(87)88)103-71(122)50(86)36-136/h8-11,15-18,30-32,39-44,50,53-63,67,94-95,114,136-138H,12-14,19-29,33-38,86H2,1-7H3,(H,91,98)(H,96,119)(H,97,131)(H,99,115)(H,100,129)(H,101,123)(H,102,116)(H,103,122)(H,104,128)(H,105,120)(H,106,124)(H,107,132)(H,108,126)(H,109,130)(H,110,121)(H,111,125)(H,112,127)(H,117,118)(H,134,135)(H4,87,88,92)(H4,89,90,93)/t42-,43-,44-,50-,53-,54-,55-,56-,57-,58-,59-,60-,61-,62-,63-,67-/m0/s1. The Morgan fingerprint density at radius 3 is 1.43 bits per heavy atom. The molecule has 0 aliphatic carbocycles. The second-order valence-corrected chi connectivity index (χ2v) is 34.6. The van der Waals surface area contributed by atoms with Crippen LogP contribution in [0.4, 0.5) is 0 Å². The molecule has 138 heavy (non-hydrogen) atoms. The molecule has 0 unspecified atom stereocenters. The number of aliphatic hydroxyl groups excluding tert-OH is 1. The van der Waals surface area contributed by atoms with Gasteiger partial charge in [0.2, 0.25) is 100 Å². The highest BCUT2D eigenvalue weighted by atomic mass is 32.1. The summed E-state index contributed by atoms with van der Waals surface area (Å²) in [5, 5.41) is 91.2. The van der Waals surface area contributed by atoms with Crippen molar-refractivity contribution in [3.8, 4) is 0 Å². The van der Waals surface area contributed by atoms with Gasteiger partial charge in [-0.25, -0.2) is 9.78 Å². The molecule has 0 radical (unpaired) electrons. The minimum atomic E-state index is -2.05. The van der Waals surface area contributed by atoms with Gasteiger partial charge in [-0.1, -0.05) is 64.1 Å². The van der Waals surface area contributed by atoms with Gasteiger partial charge in [0.25, 0.3) is 0 Å². The van der Waals surface area contributed by atoms with Crippen LogP contribution in [0.2, 0.25) is 0 Å². The molecule has 1 fully saturated rings. The number of nitrogens with one attached hydrogen (secondary N) is 23. The second kappa shape index (κ2) is 56.0. The first-order valence-corrected chi connectivity index (χ1v) is 46.2. The lowest BCUT2D eigenvalue weighted by Crippen LogP contribution is -2.61. The predicted octanol–water partition coefficient (Wildman–Crippen LogP) is -7.63. The molecule has 17 amide bonds. The van der Waals surface area contributed by atoms with E-state index in [0.717, 1.165) is 4.90 Å². The minimum Gasteiger partial charge on any atom is -0.481 e. The number of hydrogen-bond acceptors (Lipinski definition) is 27. The van der Waals surface area contributed by atoms with Gasteiger partial charge in [0.05, 0.1) is 38.5 Å². The molecule has 4 heterocycles. The van der Waals surface area contributed by atoms with Crippen LogP contribution in [-0.4, -0.2) is 318 Å². The van der Waals surface area contributed by atoms with Crippen LogP contribution >= 0.6 is 37.9 Å². The number of benzene rings is 2. The summed E-state index contributed by atoms with van der Waals surface area (Å²) in [6, 6.07) is -9.83. The zero-order chi connectivity index (χ0) is 102. The van der Waals surface area contributed by atoms with Crippen LogP contribution in [-0.2, 0) is 110 Å². The number of thiol groups is 3. The fourth-order valence-electron chi connectivity index (χ4n) is 14.4. The number of hydrogen-bond donors (Lipinski definition) is 32. The minimum absolute atomic E-state index is 0.0142. The largest absolute Gasteiger partial charge is 0.481 e. The summed E-state index contributed by atoms with van der Waals surface area (Å²) in [7, 11) is 0. The van der Waals surface area contributed by atoms with Crippen molar-refractivity contribution in [2.45, 2.75) is 216 Å². The number of guanidine groups is 2. The molecule has 0 saturated carbocycles. The van der Waals surface area contributed by atoms with Crippen molar-refractivity contribution in [2.24, 2.45) is 29.0 Å². The monoisotopic (exact) mass is 1990 g/mol. The number of aromatic amines is 3. The fraction of sp³-hybridized carbons (Fsp3) is 0.529. The van der Waals surface area contributed by atoms with Gasteiger partial charge in [-0.15, -0.1) is 0 Å². The summed E-state index contributed by atoms with van der Waals surface area (Å²) in [4.78, 5) is 276. The van der Waals surface area contributed by atoms with E-state index in [4.69, 9.17) is 28.0 Å². The summed E-state index contributed by atoms with van der Waals surface area (Å²) < 4.78 is 0. The number of aliphatic carboxylic acids is 2. The van der Waals surface area contributed by atoms with Crippen LogP contribution in [0.25, 0.3) is 21.8 Å². The number of carboxylic acids is 2. The molecule has 50 nitrogen and oxygen atoms in total. The first-order valence-electron chi connectivity index (χ1n) is 44.3. The maximum absolute atomic E-state index is 15.1. The highest BCUT2D eigenvalue weighted by Crippen LogP contribution is 2.25. The molecule has 0 spiro atoms. The Morgan fingerprint density at radius 2 is 0.913 bits per heavy atom. The van der Waals surface area contributed by atoms with Gasteiger partial charge < -0.3 is 148 Å². The number of aromatic nitrogens is 4. The number of aliphatic hydroxyl groups is 1. The lowest BCUT2D eigenvalue weighted by Gasteiger charge is -2.30. The highest BCUT2D eigenvalue weighted by Gasteiger charge is 2.42. The summed E-state index contributed by atoms with van der Waals surface area (Å²) in [6.07, 6.45) is 4.05. The average molecular weight is 1990 g/mol. The highest BCUT2D eigenvalue weighted by molar-refractivity contribution is 7.80. The van der Waals surface area contributed by atoms with Gasteiger partial charge in [0.15, 0.2) is 11.9 Å². The maximum atomic E-state index is 15.1. The third kappa shape index (κ3) is 36.0. The van der Waals surface area contributed by atoms with Crippen molar-refractivity contribution in [2.75, 3.05) is 56.6 Å². The normalized spacial score (nSPS) is 15.6. The molecule has 3 aromatic heterocycles. The van der Waals surface area contributed by atoms with Gasteiger partial charge >= 0.3 is 11.9 Å². The number of carbonyl (C=O) groups excluding carboxylic acids is 17. The quantitative estimate of drug-likeness (QED) is 0.00744. The third-order valence-electron chi connectivity index (χ3n) is 21.8. The predicted molar refractivity (Wildman–Crippen MR) is 510 cm³/mol. The van der Waals surface area contributed by atoms with Crippen LogP contribution in [0.1, 0.15) is 117 Å². The first kappa shape index (κ1) is 113. The molecule has 1 aliphatic rings. The van der Waals surface area contributed by atoms with Crippen molar-refractivity contribution in [1.29, 1.82) is 10.8 Å². The molecule has 2 aromatic carbocycles. The Bertz CT molecular complexity index is 5140. The van der Waals surface area contributed by atoms with E-state index in [9.17, 15) is 102 Å². The third-order valence-corrected chi connectivity index (χ3v) is 23.0. The summed E-state index contributed by atoms with van der Waals surface area (Å²) in [5.74, 6) is -21.8. The molecule has 5 aromatic rings. The van der Waals surface area contributed by atoms with E-state index in [2.05, 4.69) is 154 Å². The van der Waals surface area contributed by atoms with E-state index >= 15 is 4.79 Å². The zero-order valence-corrected chi connectivity index (χ0v) is 79.7. The SMILES string of the molecule is CC(C)C[C@H](NC(=O)[C@H](C)NC(=O)CNC(=O)[C@@H]1CCCN1C(=O)[C@H](Cc1c[nH]c2ccccc12)NC(=O)[C@H](CC(=O)O)NC(=O)[C@H](CCCNC(=N)N)NC(=O)[C@H](CO)NC(=O)[C@H](CS)NC(=O)[C@H](C)NC(=O)[C@H](CCCNC(=N)N)NC(=O)[C@@H](N)CS)C(=O)N[C@H](C(=O)N[C@@H](Cc1c[nH]c2ccccc12)C(=O)N[C@@H](CS)C(=O)N[C@@H](C)C(=O)NCC(=O)N[C@@H](Cc1cnc[nH]1)C(=O)O)C(C)C. The Balaban J connectivity index is 1.10. The molecule has 756 valence electrons. The maximum Gasteiger partial charge on any atom is 0.326 e. The van der Waals surface area contributed by atoms with Crippen LogP contribution in [0.5, 0.6) is 0 Å². The van der Waals surface area contributed by atoms with Crippen molar-refractivity contribution in [3.05, 3.63) is 90.3 Å². The summed E-state index contributed by atoms with van der Waals surface area (Å²) in [6.45, 7) is 7.86. The van der Waals surface area contributed by atoms with Crippen molar-refractivity contribution in [1.82, 2.24) is 121 Å². The van der Waals surface area contributed by atoms with E-state index in [1.807, 2.05) is 0 Å². The van der Waals surface area contributed by atoms with E-state index in [-0.39, 0.29) is 107 Å². The molecule has 6 rings (SSSR count). The lowest BCUT2D eigenvalue weighted by molar-refractivity contribution is -0.143. The number of amides is 17. The van der Waals surface area contributed by atoms with Crippen molar-refractivity contribution in [3.63, 3.8) is 0 Å². The van der Waals surface area contributed by atoms with Crippen molar-refractivity contribution >= 4 is 184 Å². The topological polar surface area (TPSA) is 791 Å². The molecular weight excluding hydrogens is 1860 g/mol. The number of para-hydroxylation sites is 2. The molecule has 53 heteroatoms. The Labute approximate surface area is 809 Å². The van der Waals surface area contributed by atoms with E-state index in [0.29, 0.717) is 38.6 Å². The number of H-pyrrole nitrogens is 3. The number of fused-ring (bicyclic) bond motifs is 2. The number of nitrogens with zero attached hydrogens (tertiary/aromatic N) is 2. The molecular formula is C85H126N28O22S3. The molecule has 32 N–H and O–H groups in total.